The van der Waals surface area contributed by atoms with Gasteiger partial charge in [0.25, 0.3) is 0 Å². The first-order valence-corrected chi connectivity index (χ1v) is 17.3. The summed E-state index contributed by atoms with van der Waals surface area (Å²) in [6, 6.07) is 10.0. The molecule has 3 heteroatoms. The molecule has 0 aromatic heterocycles. The highest BCUT2D eigenvalue weighted by Crippen LogP contribution is 2.77. The third-order valence-corrected chi connectivity index (χ3v) is 15.3. The zero-order chi connectivity index (χ0) is 29.8. The van der Waals surface area contributed by atoms with E-state index in [4.69, 9.17) is 9.47 Å². The molecule has 230 valence electrons. The molecule has 1 saturated heterocycles. The Bertz CT molecular complexity index is 1250. The van der Waals surface area contributed by atoms with Gasteiger partial charge in [0, 0.05) is 11.5 Å². The van der Waals surface area contributed by atoms with E-state index < -0.39 is 0 Å². The number of ether oxygens (including phenoxy) is 2. The van der Waals surface area contributed by atoms with Gasteiger partial charge in [0.05, 0.1) is 12.7 Å². The third-order valence-electron chi connectivity index (χ3n) is 15.3. The zero-order valence-electron chi connectivity index (χ0n) is 27.5. The molecule has 0 unspecified atom stereocenters. The molecule has 1 heterocycles. The van der Waals surface area contributed by atoms with Gasteiger partial charge in [0.2, 0.25) is 0 Å². The Balaban J connectivity index is 1.12. The van der Waals surface area contributed by atoms with E-state index in [0.29, 0.717) is 39.1 Å². The average molecular weight is 573 g/mol. The lowest BCUT2D eigenvalue weighted by Gasteiger charge is -2.72. The zero-order valence-corrected chi connectivity index (χ0v) is 27.5. The highest BCUT2D eigenvalue weighted by molar-refractivity contribution is 5.87. The van der Waals surface area contributed by atoms with Gasteiger partial charge < -0.3 is 9.47 Å². The van der Waals surface area contributed by atoms with E-state index in [-0.39, 0.29) is 17.5 Å². The summed E-state index contributed by atoms with van der Waals surface area (Å²) in [7, 11) is 0. The van der Waals surface area contributed by atoms with Crippen LogP contribution in [0.2, 0.25) is 0 Å². The van der Waals surface area contributed by atoms with Gasteiger partial charge in [-0.2, -0.15) is 0 Å². The number of rotatable bonds is 3. The second-order valence-electron chi connectivity index (χ2n) is 17.9. The van der Waals surface area contributed by atoms with E-state index in [1.807, 2.05) is 36.4 Å². The van der Waals surface area contributed by atoms with Crippen molar-refractivity contribution in [1.29, 1.82) is 0 Å². The van der Waals surface area contributed by atoms with Crippen LogP contribution < -0.4 is 0 Å². The summed E-state index contributed by atoms with van der Waals surface area (Å²) < 4.78 is 13.0. The smallest absolute Gasteiger partial charge is 0.331 e. The van der Waals surface area contributed by atoms with Crippen molar-refractivity contribution < 1.29 is 14.3 Å². The Hall–Kier alpha value is -1.61. The van der Waals surface area contributed by atoms with Crippen LogP contribution in [-0.2, 0) is 14.3 Å². The van der Waals surface area contributed by atoms with Crippen molar-refractivity contribution in [2.45, 2.75) is 125 Å². The Morgan fingerprint density at radius 1 is 0.762 bits per heavy atom. The fraction of sp³-hybridized carbons (Fsp3) is 0.769. The number of esters is 1. The average Bonchev–Trinajstić information content (AvgIpc) is 3.30. The van der Waals surface area contributed by atoms with Gasteiger partial charge >= 0.3 is 5.97 Å². The Morgan fingerprint density at radius 2 is 1.38 bits per heavy atom. The maximum atomic E-state index is 13.0. The first-order valence-electron chi connectivity index (χ1n) is 17.3. The van der Waals surface area contributed by atoms with Gasteiger partial charge in [-0.15, -0.1) is 0 Å². The fourth-order valence-corrected chi connectivity index (χ4v) is 13.4. The molecular formula is C39H56O3. The van der Waals surface area contributed by atoms with Crippen molar-refractivity contribution in [2.24, 2.45) is 56.2 Å². The van der Waals surface area contributed by atoms with E-state index >= 15 is 0 Å². The molecule has 3 nitrogen and oxygen atoms in total. The molecule has 6 aliphatic rings. The van der Waals surface area contributed by atoms with Gasteiger partial charge in [-0.3, -0.25) is 0 Å². The normalized spacial score (nSPS) is 48.5. The fourth-order valence-electron chi connectivity index (χ4n) is 13.4. The van der Waals surface area contributed by atoms with E-state index in [0.717, 1.165) is 36.3 Å². The predicted molar refractivity (Wildman–Crippen MR) is 170 cm³/mol. The molecule has 5 saturated carbocycles. The van der Waals surface area contributed by atoms with Crippen molar-refractivity contribution in [1.82, 2.24) is 0 Å². The van der Waals surface area contributed by atoms with Crippen LogP contribution in [0.15, 0.2) is 36.4 Å². The molecule has 0 amide bonds. The second-order valence-corrected chi connectivity index (χ2v) is 17.9. The molecule has 42 heavy (non-hydrogen) atoms. The first-order chi connectivity index (χ1) is 19.8. The maximum absolute atomic E-state index is 13.0. The number of carbonyl (C=O) groups excluding carboxylic acids is 1. The minimum Gasteiger partial charge on any atom is -0.459 e. The summed E-state index contributed by atoms with van der Waals surface area (Å²) in [6.07, 6.45) is 16.9. The van der Waals surface area contributed by atoms with E-state index in [1.165, 1.54) is 57.8 Å². The molecule has 2 bridgehead atoms. The number of hydrogen-bond donors (Lipinski definition) is 0. The van der Waals surface area contributed by atoms with Gasteiger partial charge in [-0.25, -0.2) is 4.79 Å². The highest BCUT2D eigenvalue weighted by Gasteiger charge is 2.72. The molecule has 7 rings (SSSR count). The van der Waals surface area contributed by atoms with E-state index in [9.17, 15) is 4.79 Å². The Labute approximate surface area is 255 Å². The topological polar surface area (TPSA) is 35.5 Å². The Kier molecular flexibility index (Phi) is 6.55. The van der Waals surface area contributed by atoms with Crippen LogP contribution in [-0.4, -0.2) is 24.8 Å². The van der Waals surface area contributed by atoms with Crippen LogP contribution in [0.5, 0.6) is 0 Å². The standard InChI is InChI=1S/C39H56O3/c1-34(2)23-24-39-22-17-29-37(6)19-15-27-35(3,4)30(42-31(40)14-13-26-11-9-8-10-12-26)18-21-36(27,5)28(37)16-20-38(29,7)32(39)33(34)41-25-39/h8-14,27-30,32-33H,15-25H2,1-7H3/b14-13+/t27-,28+,29-,30+,32-,33+,36-,37+,38+,39-/m0/s1. The molecule has 6 fully saturated rings. The lowest BCUT2D eigenvalue weighted by molar-refractivity contribution is -0.246. The van der Waals surface area contributed by atoms with Gasteiger partial charge in [0.15, 0.2) is 0 Å². The number of benzene rings is 1. The van der Waals surface area contributed by atoms with Crippen LogP contribution in [0, 0.1) is 56.2 Å². The van der Waals surface area contributed by atoms with E-state index in [2.05, 4.69) is 48.5 Å². The van der Waals surface area contributed by atoms with Crippen LogP contribution in [0.25, 0.3) is 6.08 Å². The first kappa shape index (κ1) is 29.1. The van der Waals surface area contributed by atoms with Crippen molar-refractivity contribution in [3.05, 3.63) is 42.0 Å². The van der Waals surface area contributed by atoms with Crippen molar-refractivity contribution in [2.75, 3.05) is 6.61 Å². The molecule has 0 N–H and O–H groups in total. The van der Waals surface area contributed by atoms with E-state index in [1.54, 1.807) is 6.08 Å². The molecule has 1 aliphatic heterocycles. The van der Waals surface area contributed by atoms with Crippen LogP contribution >= 0.6 is 0 Å². The van der Waals surface area contributed by atoms with Crippen LogP contribution in [0.1, 0.15) is 118 Å². The number of fused-ring (bicyclic) bond motifs is 5. The molecule has 0 spiro atoms. The van der Waals surface area contributed by atoms with Crippen LogP contribution in [0.3, 0.4) is 0 Å². The molecule has 5 aliphatic carbocycles. The van der Waals surface area contributed by atoms with Gasteiger partial charge in [0.1, 0.15) is 6.10 Å². The summed E-state index contributed by atoms with van der Waals surface area (Å²) >= 11 is 0. The van der Waals surface area contributed by atoms with Crippen molar-refractivity contribution in [3.8, 4) is 0 Å². The summed E-state index contributed by atoms with van der Waals surface area (Å²) in [5.74, 6) is 2.66. The molecular weight excluding hydrogens is 516 g/mol. The largest absolute Gasteiger partial charge is 0.459 e. The van der Waals surface area contributed by atoms with Gasteiger partial charge in [-0.05, 0) is 127 Å². The summed E-state index contributed by atoms with van der Waals surface area (Å²) in [6.45, 7) is 18.9. The lowest BCUT2D eigenvalue weighted by atomic mass is 9.32. The quantitative estimate of drug-likeness (QED) is 0.267. The second kappa shape index (κ2) is 9.45. The molecule has 10 atom stereocenters. The van der Waals surface area contributed by atoms with Gasteiger partial charge in [-0.1, -0.05) is 78.8 Å². The summed E-state index contributed by atoms with van der Waals surface area (Å²) in [5, 5.41) is 0. The molecule has 1 aromatic carbocycles. The third kappa shape index (κ3) is 3.96. The number of carbonyl (C=O) groups is 1. The Morgan fingerprint density at radius 3 is 2.14 bits per heavy atom. The summed E-state index contributed by atoms with van der Waals surface area (Å²) in [5.41, 5.74) is 2.82. The minimum atomic E-state index is -0.196. The van der Waals surface area contributed by atoms with Crippen molar-refractivity contribution in [3.63, 3.8) is 0 Å². The maximum Gasteiger partial charge on any atom is 0.331 e. The summed E-state index contributed by atoms with van der Waals surface area (Å²) in [4.78, 5) is 13.0. The molecule has 0 radical (unpaired) electrons. The van der Waals surface area contributed by atoms with Crippen LogP contribution in [0.4, 0.5) is 0 Å². The SMILES string of the molecule is CC1(C)CC[C@]23CC[C@H]4[C@]5(C)CC[C@H]6C(C)(C)[C@H](OC(=O)/C=C/c7ccccc7)CC[C@]6(C)[C@H]5CC[C@@]4(C)[C@@H]2[C@H]1OC3. The number of hydrogen-bond acceptors (Lipinski definition) is 3. The highest BCUT2D eigenvalue weighted by atomic mass is 16.5. The minimum absolute atomic E-state index is 0.0199. The van der Waals surface area contributed by atoms with Crippen molar-refractivity contribution >= 4 is 12.0 Å². The predicted octanol–water partition coefficient (Wildman–Crippen LogP) is 9.50. The monoisotopic (exact) mass is 572 g/mol. The molecule has 1 aromatic rings. The lowest BCUT2D eigenvalue weighted by Crippen LogP contribution is -2.67.